The standard InChI is InChI=1S/C10H8Cl2O/c1-2-3-6-13-8-4-5-9(11)10(12)7-8/h1,4-5,7H,3,6H2. The summed E-state index contributed by atoms with van der Waals surface area (Å²) < 4.78 is 5.30. The van der Waals surface area contributed by atoms with E-state index in [4.69, 9.17) is 34.4 Å². The van der Waals surface area contributed by atoms with Gasteiger partial charge < -0.3 is 4.74 Å². The van der Waals surface area contributed by atoms with Crippen LogP contribution in [0.25, 0.3) is 0 Å². The molecular formula is C10H8Cl2O. The van der Waals surface area contributed by atoms with Gasteiger partial charge in [0, 0.05) is 12.5 Å². The molecule has 3 heteroatoms. The van der Waals surface area contributed by atoms with Crippen LogP contribution in [-0.4, -0.2) is 6.61 Å². The zero-order valence-electron chi connectivity index (χ0n) is 6.89. The largest absolute Gasteiger partial charge is 0.493 e. The van der Waals surface area contributed by atoms with Crippen molar-refractivity contribution in [3.05, 3.63) is 28.2 Å². The minimum Gasteiger partial charge on any atom is -0.493 e. The first kappa shape index (κ1) is 10.2. The van der Waals surface area contributed by atoms with Gasteiger partial charge in [-0.3, -0.25) is 0 Å². The second-order valence-electron chi connectivity index (χ2n) is 2.38. The van der Waals surface area contributed by atoms with E-state index in [1.165, 1.54) is 0 Å². The molecule has 0 aliphatic rings. The number of halogens is 2. The molecule has 1 aromatic carbocycles. The molecule has 0 aromatic heterocycles. The third-order valence-electron chi connectivity index (χ3n) is 1.41. The summed E-state index contributed by atoms with van der Waals surface area (Å²) in [4.78, 5) is 0. The molecule has 0 saturated heterocycles. The lowest BCUT2D eigenvalue weighted by molar-refractivity contribution is 0.327. The number of terminal acetylenes is 1. The fourth-order valence-electron chi connectivity index (χ4n) is 0.794. The summed E-state index contributed by atoms with van der Waals surface area (Å²) in [6, 6.07) is 5.11. The molecular weight excluding hydrogens is 207 g/mol. The highest BCUT2D eigenvalue weighted by Gasteiger charge is 1.99. The van der Waals surface area contributed by atoms with Crippen LogP contribution in [0.1, 0.15) is 6.42 Å². The van der Waals surface area contributed by atoms with Gasteiger partial charge in [-0.15, -0.1) is 12.3 Å². The molecule has 0 aliphatic carbocycles. The number of rotatable bonds is 3. The SMILES string of the molecule is C#CCCOc1ccc(Cl)c(Cl)c1. The molecule has 0 aliphatic heterocycles. The highest BCUT2D eigenvalue weighted by atomic mass is 35.5. The molecule has 1 nitrogen and oxygen atoms in total. The average Bonchev–Trinajstić information content (AvgIpc) is 2.12. The maximum atomic E-state index is 5.77. The van der Waals surface area contributed by atoms with E-state index < -0.39 is 0 Å². The van der Waals surface area contributed by atoms with Gasteiger partial charge in [0.1, 0.15) is 5.75 Å². The molecule has 0 fully saturated rings. The normalized spacial score (nSPS) is 9.31. The number of hydrogen-bond donors (Lipinski definition) is 0. The third-order valence-corrected chi connectivity index (χ3v) is 2.15. The summed E-state index contributed by atoms with van der Waals surface area (Å²) in [5.41, 5.74) is 0. The topological polar surface area (TPSA) is 9.23 Å². The molecule has 68 valence electrons. The molecule has 0 amide bonds. The van der Waals surface area contributed by atoms with Gasteiger partial charge in [0.25, 0.3) is 0 Å². The fourth-order valence-corrected chi connectivity index (χ4v) is 1.08. The van der Waals surface area contributed by atoms with Crippen LogP contribution in [0.3, 0.4) is 0 Å². The van der Waals surface area contributed by atoms with Crippen molar-refractivity contribution in [2.24, 2.45) is 0 Å². The van der Waals surface area contributed by atoms with Gasteiger partial charge in [-0.25, -0.2) is 0 Å². The number of benzene rings is 1. The second-order valence-corrected chi connectivity index (χ2v) is 3.19. The minimum absolute atomic E-state index is 0.486. The molecule has 1 rings (SSSR count). The van der Waals surface area contributed by atoms with Gasteiger partial charge in [0.2, 0.25) is 0 Å². The fraction of sp³-hybridized carbons (Fsp3) is 0.200. The summed E-state index contributed by atoms with van der Waals surface area (Å²) in [5.74, 6) is 3.16. The number of ether oxygens (including phenoxy) is 1. The van der Waals surface area contributed by atoms with Gasteiger partial charge in [-0.05, 0) is 12.1 Å². The van der Waals surface area contributed by atoms with Crippen LogP contribution >= 0.6 is 23.2 Å². The molecule has 1 aromatic rings. The summed E-state index contributed by atoms with van der Waals surface area (Å²) in [6.45, 7) is 0.495. The molecule has 0 heterocycles. The van der Waals surface area contributed by atoms with Crippen molar-refractivity contribution in [2.45, 2.75) is 6.42 Å². The van der Waals surface area contributed by atoms with E-state index in [-0.39, 0.29) is 0 Å². The van der Waals surface area contributed by atoms with Crippen LogP contribution in [0, 0.1) is 12.3 Å². The first-order valence-corrected chi connectivity index (χ1v) is 4.51. The Balaban J connectivity index is 2.59. The zero-order chi connectivity index (χ0) is 9.68. The van der Waals surface area contributed by atoms with E-state index in [1.807, 2.05) is 0 Å². The number of hydrogen-bond acceptors (Lipinski definition) is 1. The molecule has 13 heavy (non-hydrogen) atoms. The van der Waals surface area contributed by atoms with Crippen molar-refractivity contribution in [2.75, 3.05) is 6.61 Å². The second kappa shape index (κ2) is 5.01. The van der Waals surface area contributed by atoms with Gasteiger partial charge >= 0.3 is 0 Å². The Hall–Kier alpha value is -0.840. The van der Waals surface area contributed by atoms with Crippen molar-refractivity contribution in [3.8, 4) is 18.1 Å². The lowest BCUT2D eigenvalue weighted by Gasteiger charge is -2.04. The van der Waals surface area contributed by atoms with Crippen LogP contribution in [-0.2, 0) is 0 Å². The molecule has 0 atom stereocenters. The van der Waals surface area contributed by atoms with E-state index in [0.29, 0.717) is 28.8 Å². The zero-order valence-corrected chi connectivity index (χ0v) is 8.40. The van der Waals surface area contributed by atoms with Crippen LogP contribution < -0.4 is 4.74 Å². The van der Waals surface area contributed by atoms with Crippen LogP contribution in [0.5, 0.6) is 5.75 Å². The molecule has 0 saturated carbocycles. The monoisotopic (exact) mass is 214 g/mol. The maximum Gasteiger partial charge on any atom is 0.120 e. The molecule has 0 radical (unpaired) electrons. The Morgan fingerprint density at radius 2 is 2.08 bits per heavy atom. The predicted octanol–water partition coefficient (Wildman–Crippen LogP) is 3.40. The van der Waals surface area contributed by atoms with Gasteiger partial charge in [0.15, 0.2) is 0 Å². The first-order valence-electron chi connectivity index (χ1n) is 3.75. The molecule has 0 unspecified atom stereocenters. The van der Waals surface area contributed by atoms with Crippen molar-refractivity contribution in [1.82, 2.24) is 0 Å². The van der Waals surface area contributed by atoms with Crippen LogP contribution in [0.15, 0.2) is 18.2 Å². The van der Waals surface area contributed by atoms with Gasteiger partial charge in [-0.2, -0.15) is 0 Å². The predicted molar refractivity (Wildman–Crippen MR) is 55.4 cm³/mol. The Morgan fingerprint density at radius 1 is 1.31 bits per heavy atom. The highest BCUT2D eigenvalue weighted by Crippen LogP contribution is 2.26. The first-order chi connectivity index (χ1) is 6.24. The summed E-state index contributed by atoms with van der Waals surface area (Å²) in [7, 11) is 0. The van der Waals surface area contributed by atoms with E-state index >= 15 is 0 Å². The van der Waals surface area contributed by atoms with Gasteiger partial charge in [0.05, 0.1) is 16.7 Å². The Labute approximate surface area is 87.6 Å². The average molecular weight is 215 g/mol. The lowest BCUT2D eigenvalue weighted by atomic mass is 10.3. The highest BCUT2D eigenvalue weighted by molar-refractivity contribution is 6.42. The van der Waals surface area contributed by atoms with Crippen LogP contribution in [0.4, 0.5) is 0 Å². The summed E-state index contributed by atoms with van der Waals surface area (Å²) in [6.07, 6.45) is 5.65. The summed E-state index contributed by atoms with van der Waals surface area (Å²) >= 11 is 11.5. The van der Waals surface area contributed by atoms with E-state index in [9.17, 15) is 0 Å². The molecule has 0 spiro atoms. The Morgan fingerprint density at radius 3 is 2.69 bits per heavy atom. The Bertz CT molecular complexity index is 328. The molecule has 0 bridgehead atoms. The minimum atomic E-state index is 0.486. The van der Waals surface area contributed by atoms with Crippen molar-refractivity contribution in [1.29, 1.82) is 0 Å². The molecule has 0 N–H and O–H groups in total. The van der Waals surface area contributed by atoms with Gasteiger partial charge in [-0.1, -0.05) is 23.2 Å². The maximum absolute atomic E-state index is 5.77. The lowest BCUT2D eigenvalue weighted by Crippen LogP contribution is -1.95. The summed E-state index contributed by atoms with van der Waals surface area (Å²) in [5, 5.41) is 1.01. The van der Waals surface area contributed by atoms with E-state index in [2.05, 4.69) is 5.92 Å². The third kappa shape index (κ3) is 3.18. The quantitative estimate of drug-likeness (QED) is 0.554. The smallest absolute Gasteiger partial charge is 0.120 e. The van der Waals surface area contributed by atoms with Crippen molar-refractivity contribution in [3.63, 3.8) is 0 Å². The van der Waals surface area contributed by atoms with E-state index in [0.717, 1.165) is 0 Å². The Kier molecular flexibility index (Phi) is 3.95. The van der Waals surface area contributed by atoms with Crippen molar-refractivity contribution < 1.29 is 4.74 Å². The van der Waals surface area contributed by atoms with Crippen molar-refractivity contribution >= 4 is 23.2 Å². The van der Waals surface area contributed by atoms with E-state index in [1.54, 1.807) is 18.2 Å². The van der Waals surface area contributed by atoms with Crippen LogP contribution in [0.2, 0.25) is 10.0 Å².